The summed E-state index contributed by atoms with van der Waals surface area (Å²) in [4.78, 5) is 14.6. The first kappa shape index (κ1) is 21.4. The van der Waals surface area contributed by atoms with Gasteiger partial charge in [-0.2, -0.15) is 0 Å². The van der Waals surface area contributed by atoms with Crippen LogP contribution >= 0.6 is 0 Å². The van der Waals surface area contributed by atoms with E-state index in [4.69, 9.17) is 9.47 Å². The summed E-state index contributed by atoms with van der Waals surface area (Å²) in [6, 6.07) is 5.61. The van der Waals surface area contributed by atoms with Gasteiger partial charge in [0.2, 0.25) is 0 Å². The first-order valence-corrected chi connectivity index (χ1v) is 10.3. The average Bonchev–Trinajstić information content (AvgIpc) is 2.94. The molecule has 0 aliphatic heterocycles. The van der Waals surface area contributed by atoms with Crippen molar-refractivity contribution in [3.05, 3.63) is 18.2 Å². The number of ether oxygens (including phenoxy) is 2. The topological polar surface area (TPSA) is 62.8 Å². The van der Waals surface area contributed by atoms with E-state index in [1.807, 2.05) is 18.2 Å². The van der Waals surface area contributed by atoms with Crippen molar-refractivity contribution in [3.8, 4) is 11.5 Å². The van der Waals surface area contributed by atoms with Gasteiger partial charge in [-0.05, 0) is 38.1 Å². The SMILES string of the molecule is CCN(CC)CCOc1cc(NC(=O)NC2CCCCCC2)ccc1OC. The Balaban J connectivity index is 1.91. The van der Waals surface area contributed by atoms with Gasteiger partial charge in [-0.3, -0.25) is 0 Å². The summed E-state index contributed by atoms with van der Waals surface area (Å²) in [5, 5.41) is 6.03. The van der Waals surface area contributed by atoms with E-state index in [0.717, 1.165) is 32.5 Å². The van der Waals surface area contributed by atoms with E-state index in [9.17, 15) is 4.79 Å². The number of methoxy groups -OCH3 is 1. The zero-order valence-corrected chi connectivity index (χ0v) is 17.1. The van der Waals surface area contributed by atoms with Gasteiger partial charge < -0.3 is 25.0 Å². The molecule has 0 spiro atoms. The fourth-order valence-corrected chi connectivity index (χ4v) is 3.47. The molecule has 0 atom stereocenters. The molecule has 1 fully saturated rings. The predicted octanol–water partition coefficient (Wildman–Crippen LogP) is 4.26. The normalized spacial score (nSPS) is 15.3. The van der Waals surface area contributed by atoms with Gasteiger partial charge in [0, 0.05) is 24.3 Å². The quantitative estimate of drug-likeness (QED) is 0.631. The highest BCUT2D eigenvalue weighted by Crippen LogP contribution is 2.30. The van der Waals surface area contributed by atoms with Crippen LogP contribution < -0.4 is 20.1 Å². The maximum atomic E-state index is 12.3. The Morgan fingerprint density at radius 1 is 1.11 bits per heavy atom. The molecule has 0 saturated heterocycles. The smallest absolute Gasteiger partial charge is 0.319 e. The molecule has 0 unspecified atom stereocenters. The van der Waals surface area contributed by atoms with Crippen LogP contribution in [-0.4, -0.2) is 50.3 Å². The molecule has 152 valence electrons. The summed E-state index contributed by atoms with van der Waals surface area (Å²) in [5.41, 5.74) is 0.708. The third-order valence-electron chi connectivity index (χ3n) is 5.17. The molecule has 2 N–H and O–H groups in total. The molecular weight excluding hydrogens is 342 g/mol. The second-order valence-corrected chi connectivity index (χ2v) is 7.03. The fraction of sp³-hybridized carbons (Fsp3) is 0.667. The van der Waals surface area contributed by atoms with E-state index in [0.29, 0.717) is 23.8 Å². The van der Waals surface area contributed by atoms with Crippen molar-refractivity contribution < 1.29 is 14.3 Å². The van der Waals surface area contributed by atoms with Gasteiger partial charge in [0.05, 0.1) is 7.11 Å². The molecule has 2 rings (SSSR count). The number of hydrogen-bond donors (Lipinski definition) is 2. The predicted molar refractivity (Wildman–Crippen MR) is 110 cm³/mol. The molecule has 2 amide bonds. The molecule has 1 aromatic carbocycles. The number of carbonyl (C=O) groups is 1. The van der Waals surface area contributed by atoms with Crippen LogP contribution in [0.3, 0.4) is 0 Å². The average molecular weight is 378 g/mol. The summed E-state index contributed by atoms with van der Waals surface area (Å²) in [6.07, 6.45) is 7.06. The minimum Gasteiger partial charge on any atom is -0.493 e. The van der Waals surface area contributed by atoms with Crippen molar-refractivity contribution in [1.29, 1.82) is 0 Å². The van der Waals surface area contributed by atoms with Gasteiger partial charge in [-0.1, -0.05) is 39.5 Å². The molecule has 27 heavy (non-hydrogen) atoms. The molecule has 0 radical (unpaired) electrons. The van der Waals surface area contributed by atoms with E-state index in [1.165, 1.54) is 25.7 Å². The van der Waals surface area contributed by atoms with Crippen LogP contribution in [0, 0.1) is 0 Å². The number of nitrogens with zero attached hydrogens (tertiary/aromatic N) is 1. The Labute approximate surface area is 163 Å². The van der Waals surface area contributed by atoms with Gasteiger partial charge in [0.1, 0.15) is 6.61 Å². The van der Waals surface area contributed by atoms with Crippen molar-refractivity contribution >= 4 is 11.7 Å². The first-order valence-electron chi connectivity index (χ1n) is 10.3. The molecule has 0 heterocycles. The molecule has 1 aromatic rings. The Hall–Kier alpha value is -1.95. The van der Waals surface area contributed by atoms with Crippen molar-refractivity contribution in [2.24, 2.45) is 0 Å². The molecular formula is C21H35N3O3. The fourth-order valence-electron chi connectivity index (χ4n) is 3.47. The number of benzene rings is 1. The first-order chi connectivity index (χ1) is 13.2. The molecule has 1 saturated carbocycles. The van der Waals surface area contributed by atoms with Crippen molar-refractivity contribution in [3.63, 3.8) is 0 Å². The number of anilines is 1. The monoisotopic (exact) mass is 377 g/mol. The summed E-state index contributed by atoms with van der Waals surface area (Å²) in [5.74, 6) is 1.32. The lowest BCUT2D eigenvalue weighted by Crippen LogP contribution is -2.37. The zero-order valence-electron chi connectivity index (χ0n) is 17.1. The Morgan fingerprint density at radius 2 is 1.81 bits per heavy atom. The van der Waals surface area contributed by atoms with E-state index >= 15 is 0 Å². The molecule has 1 aliphatic carbocycles. The van der Waals surface area contributed by atoms with E-state index in [-0.39, 0.29) is 12.1 Å². The standard InChI is InChI=1S/C21H35N3O3/c1-4-24(5-2)14-15-27-20-16-18(12-13-19(20)26-3)23-21(25)22-17-10-8-6-7-9-11-17/h12-13,16-17H,4-11,14-15H2,1-3H3,(H2,22,23,25). The molecule has 6 heteroatoms. The summed E-state index contributed by atoms with van der Waals surface area (Å²) < 4.78 is 11.3. The minimum atomic E-state index is -0.152. The second-order valence-electron chi connectivity index (χ2n) is 7.03. The number of likely N-dealkylation sites (N-methyl/N-ethyl adjacent to an activating group) is 1. The van der Waals surface area contributed by atoms with Crippen molar-refractivity contribution in [1.82, 2.24) is 10.2 Å². The third kappa shape index (κ3) is 7.29. The third-order valence-corrected chi connectivity index (χ3v) is 5.17. The molecule has 0 aromatic heterocycles. The van der Waals surface area contributed by atoms with Gasteiger partial charge in [-0.25, -0.2) is 4.79 Å². The Morgan fingerprint density at radius 3 is 2.44 bits per heavy atom. The highest BCUT2D eigenvalue weighted by atomic mass is 16.5. The van der Waals surface area contributed by atoms with Crippen LogP contribution in [0.5, 0.6) is 11.5 Å². The molecule has 6 nitrogen and oxygen atoms in total. The van der Waals surface area contributed by atoms with E-state index in [2.05, 4.69) is 29.4 Å². The van der Waals surface area contributed by atoms with Gasteiger partial charge in [0.15, 0.2) is 11.5 Å². The van der Waals surface area contributed by atoms with Crippen LogP contribution in [0.25, 0.3) is 0 Å². The summed E-state index contributed by atoms with van der Waals surface area (Å²) >= 11 is 0. The second kappa shape index (κ2) is 11.7. The maximum Gasteiger partial charge on any atom is 0.319 e. The highest BCUT2D eigenvalue weighted by molar-refractivity contribution is 5.89. The Kier molecular flexibility index (Phi) is 9.25. The molecule has 1 aliphatic rings. The Bertz CT molecular complexity index is 568. The van der Waals surface area contributed by atoms with Crippen LogP contribution in [0.15, 0.2) is 18.2 Å². The van der Waals surface area contributed by atoms with Crippen LogP contribution in [-0.2, 0) is 0 Å². The van der Waals surface area contributed by atoms with Crippen molar-refractivity contribution in [2.75, 3.05) is 38.7 Å². The number of hydrogen-bond acceptors (Lipinski definition) is 4. The number of rotatable bonds is 9. The summed E-state index contributed by atoms with van der Waals surface area (Å²) in [7, 11) is 1.62. The lowest BCUT2D eigenvalue weighted by Gasteiger charge is -2.19. The van der Waals surface area contributed by atoms with Crippen LogP contribution in [0.1, 0.15) is 52.4 Å². The highest BCUT2D eigenvalue weighted by Gasteiger charge is 2.15. The largest absolute Gasteiger partial charge is 0.493 e. The van der Waals surface area contributed by atoms with Gasteiger partial charge >= 0.3 is 6.03 Å². The number of carbonyl (C=O) groups excluding carboxylic acids is 1. The van der Waals surface area contributed by atoms with Gasteiger partial charge in [0.25, 0.3) is 0 Å². The minimum absolute atomic E-state index is 0.152. The number of amides is 2. The lowest BCUT2D eigenvalue weighted by atomic mass is 10.1. The van der Waals surface area contributed by atoms with Crippen LogP contribution in [0.4, 0.5) is 10.5 Å². The zero-order chi connectivity index (χ0) is 19.5. The molecule has 0 bridgehead atoms. The van der Waals surface area contributed by atoms with Crippen LogP contribution in [0.2, 0.25) is 0 Å². The number of urea groups is 1. The lowest BCUT2D eigenvalue weighted by molar-refractivity contribution is 0.217. The van der Waals surface area contributed by atoms with E-state index in [1.54, 1.807) is 7.11 Å². The van der Waals surface area contributed by atoms with E-state index < -0.39 is 0 Å². The maximum absolute atomic E-state index is 12.3. The van der Waals surface area contributed by atoms with Gasteiger partial charge in [-0.15, -0.1) is 0 Å². The summed E-state index contributed by atoms with van der Waals surface area (Å²) in [6.45, 7) is 7.72. The van der Waals surface area contributed by atoms with Crippen molar-refractivity contribution in [2.45, 2.75) is 58.4 Å². The number of nitrogens with one attached hydrogen (secondary N) is 2.